The van der Waals surface area contributed by atoms with Crippen LogP contribution in [0.3, 0.4) is 0 Å². The summed E-state index contributed by atoms with van der Waals surface area (Å²) in [6.07, 6.45) is 1.87. The molecule has 4 nitrogen and oxygen atoms in total. The van der Waals surface area contributed by atoms with Crippen molar-refractivity contribution in [3.05, 3.63) is 108 Å². The van der Waals surface area contributed by atoms with Crippen LogP contribution in [0.5, 0.6) is 0 Å². The Morgan fingerprint density at radius 2 is 1.35 bits per heavy atom. The number of aromatic amines is 1. The number of carbonyl (C=O) groups is 1. The zero-order chi connectivity index (χ0) is 21.0. The number of para-hydroxylation sites is 1. The van der Waals surface area contributed by atoms with Gasteiger partial charge in [-0.1, -0.05) is 78.9 Å². The molecule has 0 aliphatic carbocycles. The summed E-state index contributed by atoms with van der Waals surface area (Å²) in [6.45, 7) is 4.71. The van der Waals surface area contributed by atoms with Crippen LogP contribution in [0.1, 0.15) is 27.5 Å². The maximum Gasteiger partial charge on any atom is 0.219 e. The van der Waals surface area contributed by atoms with Crippen molar-refractivity contribution in [2.45, 2.75) is 6.04 Å². The highest BCUT2D eigenvalue weighted by Crippen LogP contribution is 2.19. The van der Waals surface area contributed by atoms with Crippen molar-refractivity contribution in [2.24, 2.45) is 0 Å². The summed E-state index contributed by atoms with van der Waals surface area (Å²) in [7, 11) is 0. The van der Waals surface area contributed by atoms with E-state index < -0.39 is 0 Å². The number of nitrogens with one attached hydrogen (secondary N) is 3. The number of H-pyrrole nitrogens is 1. The summed E-state index contributed by atoms with van der Waals surface area (Å²) in [5.74, 6) is 0.235. The molecule has 1 saturated heterocycles. The van der Waals surface area contributed by atoms with Crippen molar-refractivity contribution in [1.29, 1.82) is 0 Å². The van der Waals surface area contributed by atoms with Crippen LogP contribution in [0.25, 0.3) is 10.9 Å². The minimum Gasteiger partial charge on any atom is -0.360 e. The number of hydrogen-bond acceptors (Lipinski definition) is 1. The van der Waals surface area contributed by atoms with Crippen LogP contribution >= 0.6 is 0 Å². The van der Waals surface area contributed by atoms with Gasteiger partial charge in [-0.3, -0.25) is 4.79 Å². The molecule has 0 saturated carbocycles. The molecule has 31 heavy (non-hydrogen) atoms. The normalized spacial score (nSPS) is 19.0. The number of rotatable bonds is 6. The molecular formula is C27H29N3O+2. The maximum absolute atomic E-state index is 13.0. The summed E-state index contributed by atoms with van der Waals surface area (Å²) in [5, 5.41) is 1.03. The Hall–Kier alpha value is -3.21. The summed E-state index contributed by atoms with van der Waals surface area (Å²) in [6, 6.07) is 30.0. The number of Topliss-reactive ketones (excluding diaryl/α,β-unsaturated/α-hetero) is 1. The lowest BCUT2D eigenvalue weighted by atomic mass is 9.96. The van der Waals surface area contributed by atoms with Crippen molar-refractivity contribution < 1.29 is 14.6 Å². The molecule has 3 aromatic carbocycles. The van der Waals surface area contributed by atoms with Crippen molar-refractivity contribution >= 4 is 16.7 Å². The first kappa shape index (κ1) is 19.7. The van der Waals surface area contributed by atoms with Gasteiger partial charge < -0.3 is 14.8 Å². The number of fused-ring (bicyclic) bond motifs is 1. The van der Waals surface area contributed by atoms with Crippen LogP contribution in [0.15, 0.2) is 91.1 Å². The first-order chi connectivity index (χ1) is 15.3. The minimum atomic E-state index is 0.235. The third kappa shape index (κ3) is 4.18. The monoisotopic (exact) mass is 411 g/mol. The number of benzene rings is 3. The molecule has 1 aliphatic rings. The Balaban J connectivity index is 1.28. The van der Waals surface area contributed by atoms with Gasteiger partial charge in [0, 0.05) is 33.8 Å². The number of aromatic nitrogens is 1. The summed E-state index contributed by atoms with van der Waals surface area (Å²) in [5.41, 5.74) is 4.58. The first-order valence-corrected chi connectivity index (χ1v) is 11.2. The van der Waals surface area contributed by atoms with Gasteiger partial charge in [-0.2, -0.15) is 0 Å². The van der Waals surface area contributed by atoms with E-state index in [0.29, 0.717) is 12.6 Å². The van der Waals surface area contributed by atoms with Crippen molar-refractivity contribution in [3.8, 4) is 0 Å². The molecule has 1 fully saturated rings. The van der Waals surface area contributed by atoms with Gasteiger partial charge in [-0.25, -0.2) is 0 Å². The Morgan fingerprint density at radius 3 is 2.00 bits per heavy atom. The standard InChI is InChI=1S/C27H27N3O/c31-26(24-19-28-25-14-8-7-13-23(24)25)20-29-15-17-30(18-16-29)27(21-9-3-1-4-10-21)22-11-5-2-6-12-22/h1-14,19,27-28H,15-18,20H2/p+2. The Kier molecular flexibility index (Phi) is 5.65. The minimum absolute atomic E-state index is 0.235. The average Bonchev–Trinajstić information content (AvgIpc) is 3.26. The lowest BCUT2D eigenvalue weighted by Crippen LogP contribution is -3.28. The van der Waals surface area contributed by atoms with E-state index in [9.17, 15) is 4.79 Å². The molecule has 2 heterocycles. The SMILES string of the molecule is O=C(C[NH+]1CC[NH+](C(c2ccccc2)c2ccccc2)CC1)c1c[nH]c2ccccc12. The lowest BCUT2D eigenvalue weighted by Gasteiger charge is -2.35. The van der Waals surface area contributed by atoms with Crippen LogP contribution in [-0.4, -0.2) is 43.5 Å². The van der Waals surface area contributed by atoms with E-state index in [2.05, 4.69) is 65.6 Å². The van der Waals surface area contributed by atoms with E-state index >= 15 is 0 Å². The number of quaternary nitrogens is 2. The van der Waals surface area contributed by atoms with Crippen LogP contribution < -0.4 is 9.80 Å². The fourth-order valence-electron chi connectivity index (χ4n) is 4.97. The van der Waals surface area contributed by atoms with Crippen molar-refractivity contribution in [1.82, 2.24) is 4.98 Å². The lowest BCUT2D eigenvalue weighted by molar-refractivity contribution is -1.02. The molecule has 4 heteroatoms. The van der Waals surface area contributed by atoms with Crippen LogP contribution in [0, 0.1) is 0 Å². The molecule has 0 amide bonds. The predicted octanol–water partition coefficient (Wildman–Crippen LogP) is 1.92. The van der Waals surface area contributed by atoms with E-state index in [4.69, 9.17) is 0 Å². The number of ketones is 1. The molecule has 0 spiro atoms. The highest BCUT2D eigenvalue weighted by molar-refractivity contribution is 6.08. The number of piperazine rings is 1. The van der Waals surface area contributed by atoms with Crippen LogP contribution in [0.2, 0.25) is 0 Å². The van der Waals surface area contributed by atoms with E-state index in [1.807, 2.05) is 30.5 Å². The molecule has 1 aliphatic heterocycles. The van der Waals surface area contributed by atoms with Gasteiger partial charge in [-0.05, 0) is 6.07 Å². The van der Waals surface area contributed by atoms with Gasteiger partial charge in [0.1, 0.15) is 38.8 Å². The van der Waals surface area contributed by atoms with Gasteiger partial charge in [0.05, 0.1) is 0 Å². The molecule has 3 N–H and O–H groups in total. The molecule has 5 rings (SSSR count). The topological polar surface area (TPSA) is 41.7 Å². The zero-order valence-electron chi connectivity index (χ0n) is 17.7. The molecule has 0 bridgehead atoms. The number of carbonyl (C=O) groups excluding carboxylic acids is 1. The third-order valence-corrected chi connectivity index (χ3v) is 6.57. The second-order valence-corrected chi connectivity index (χ2v) is 8.51. The van der Waals surface area contributed by atoms with Gasteiger partial charge >= 0.3 is 0 Å². The van der Waals surface area contributed by atoms with Gasteiger partial charge in [0.2, 0.25) is 5.78 Å². The third-order valence-electron chi connectivity index (χ3n) is 6.57. The van der Waals surface area contributed by atoms with Gasteiger partial charge in [0.15, 0.2) is 0 Å². The summed E-state index contributed by atoms with van der Waals surface area (Å²) in [4.78, 5) is 19.2. The molecule has 156 valence electrons. The second kappa shape index (κ2) is 8.88. The molecule has 1 aromatic heterocycles. The smallest absolute Gasteiger partial charge is 0.219 e. The van der Waals surface area contributed by atoms with E-state index in [1.54, 1.807) is 4.90 Å². The first-order valence-electron chi connectivity index (χ1n) is 11.2. The molecule has 0 atom stereocenters. The average molecular weight is 412 g/mol. The summed E-state index contributed by atoms with van der Waals surface area (Å²) >= 11 is 0. The zero-order valence-corrected chi connectivity index (χ0v) is 17.7. The second-order valence-electron chi connectivity index (χ2n) is 8.51. The molecule has 0 unspecified atom stereocenters. The van der Waals surface area contributed by atoms with E-state index in [1.165, 1.54) is 16.0 Å². The quantitative estimate of drug-likeness (QED) is 0.417. The van der Waals surface area contributed by atoms with Crippen molar-refractivity contribution in [3.63, 3.8) is 0 Å². The highest BCUT2D eigenvalue weighted by atomic mass is 16.1. The largest absolute Gasteiger partial charge is 0.360 e. The van der Waals surface area contributed by atoms with Crippen LogP contribution in [0.4, 0.5) is 0 Å². The van der Waals surface area contributed by atoms with Gasteiger partial charge in [-0.15, -0.1) is 0 Å². The predicted molar refractivity (Wildman–Crippen MR) is 124 cm³/mol. The van der Waals surface area contributed by atoms with Crippen molar-refractivity contribution in [2.75, 3.05) is 32.7 Å². The Bertz CT molecular complexity index is 1110. The highest BCUT2D eigenvalue weighted by Gasteiger charge is 2.32. The fourth-order valence-corrected chi connectivity index (χ4v) is 4.97. The van der Waals surface area contributed by atoms with E-state index in [0.717, 1.165) is 42.6 Å². The summed E-state index contributed by atoms with van der Waals surface area (Å²) < 4.78 is 0. The Morgan fingerprint density at radius 1 is 0.774 bits per heavy atom. The maximum atomic E-state index is 13.0. The number of hydrogen-bond donors (Lipinski definition) is 3. The Labute approximate surface area is 183 Å². The van der Waals surface area contributed by atoms with Crippen LogP contribution in [-0.2, 0) is 0 Å². The fraction of sp³-hybridized carbons (Fsp3) is 0.222. The molecule has 0 radical (unpaired) electrons. The van der Waals surface area contributed by atoms with Gasteiger partial charge in [0.25, 0.3) is 0 Å². The molecular weight excluding hydrogens is 382 g/mol. The van der Waals surface area contributed by atoms with E-state index in [-0.39, 0.29) is 5.78 Å². The molecule has 4 aromatic rings.